The van der Waals surface area contributed by atoms with Crippen LogP contribution in [-0.4, -0.2) is 25.3 Å². The molecule has 0 radical (unpaired) electrons. The highest BCUT2D eigenvalue weighted by atomic mass is 16.3. The van der Waals surface area contributed by atoms with Crippen molar-refractivity contribution >= 4 is 0 Å². The third-order valence-corrected chi connectivity index (χ3v) is 3.58. The summed E-state index contributed by atoms with van der Waals surface area (Å²) < 4.78 is 1.66. The Morgan fingerprint density at radius 3 is 2.23 bits per heavy atom. The molecule has 1 aromatic heterocycles. The Morgan fingerprint density at radius 1 is 0.909 bits per heavy atom. The molecule has 3 rings (SSSR count). The van der Waals surface area contributed by atoms with Gasteiger partial charge in [0.25, 0.3) is 0 Å². The van der Waals surface area contributed by atoms with Crippen LogP contribution in [0.4, 0.5) is 0 Å². The minimum atomic E-state index is -0.668. The number of benzene rings is 2. The van der Waals surface area contributed by atoms with Crippen LogP contribution in [0.5, 0.6) is 0 Å². The molecule has 0 bridgehead atoms. The van der Waals surface area contributed by atoms with Gasteiger partial charge in [0.15, 0.2) is 5.82 Å². The first kappa shape index (κ1) is 14.4. The van der Waals surface area contributed by atoms with E-state index in [4.69, 9.17) is 0 Å². The van der Waals surface area contributed by atoms with Gasteiger partial charge in [-0.3, -0.25) is 0 Å². The number of aliphatic hydroxyl groups is 1. The first-order valence-corrected chi connectivity index (χ1v) is 7.35. The number of aliphatic hydroxyl groups excluding tert-OH is 1. The SMILES string of the molecule is OC(CCc1ccccc1)c1nnnn1Cc1ccccc1. The van der Waals surface area contributed by atoms with E-state index in [-0.39, 0.29) is 0 Å². The summed E-state index contributed by atoms with van der Waals surface area (Å²) in [6.07, 6.45) is 0.721. The lowest BCUT2D eigenvalue weighted by Crippen LogP contribution is -2.12. The molecule has 112 valence electrons. The Kier molecular flexibility index (Phi) is 4.56. The van der Waals surface area contributed by atoms with Crippen molar-refractivity contribution in [2.24, 2.45) is 0 Å². The van der Waals surface area contributed by atoms with Crippen molar-refractivity contribution in [3.8, 4) is 0 Å². The van der Waals surface area contributed by atoms with E-state index in [2.05, 4.69) is 27.7 Å². The molecule has 5 nitrogen and oxygen atoms in total. The maximum Gasteiger partial charge on any atom is 0.180 e. The van der Waals surface area contributed by atoms with Gasteiger partial charge in [-0.2, -0.15) is 0 Å². The minimum Gasteiger partial charge on any atom is -0.385 e. The van der Waals surface area contributed by atoms with Gasteiger partial charge in [-0.05, 0) is 34.4 Å². The highest BCUT2D eigenvalue weighted by Crippen LogP contribution is 2.17. The zero-order valence-corrected chi connectivity index (χ0v) is 12.2. The number of aromatic nitrogens is 4. The lowest BCUT2D eigenvalue weighted by Gasteiger charge is -2.11. The number of hydrogen-bond donors (Lipinski definition) is 1. The van der Waals surface area contributed by atoms with E-state index in [1.165, 1.54) is 5.56 Å². The molecule has 1 heterocycles. The second-order valence-electron chi connectivity index (χ2n) is 5.22. The maximum absolute atomic E-state index is 10.4. The molecule has 0 aliphatic rings. The highest BCUT2D eigenvalue weighted by Gasteiger charge is 2.16. The van der Waals surface area contributed by atoms with Crippen molar-refractivity contribution in [2.45, 2.75) is 25.5 Å². The molecule has 0 aliphatic heterocycles. The quantitative estimate of drug-likeness (QED) is 0.758. The topological polar surface area (TPSA) is 63.8 Å². The fourth-order valence-corrected chi connectivity index (χ4v) is 2.40. The largest absolute Gasteiger partial charge is 0.385 e. The second-order valence-corrected chi connectivity index (χ2v) is 5.22. The van der Waals surface area contributed by atoms with E-state index < -0.39 is 6.10 Å². The van der Waals surface area contributed by atoms with E-state index in [1.54, 1.807) is 4.68 Å². The summed E-state index contributed by atoms with van der Waals surface area (Å²) in [5.41, 5.74) is 2.30. The Morgan fingerprint density at radius 2 is 1.55 bits per heavy atom. The zero-order valence-electron chi connectivity index (χ0n) is 12.2. The van der Waals surface area contributed by atoms with Crippen molar-refractivity contribution in [3.05, 3.63) is 77.6 Å². The summed E-state index contributed by atoms with van der Waals surface area (Å²) >= 11 is 0. The van der Waals surface area contributed by atoms with Crippen molar-refractivity contribution < 1.29 is 5.11 Å². The molecular weight excluding hydrogens is 276 g/mol. The number of hydrogen-bond acceptors (Lipinski definition) is 4. The highest BCUT2D eigenvalue weighted by molar-refractivity contribution is 5.16. The van der Waals surface area contributed by atoms with Crippen LogP contribution in [0.25, 0.3) is 0 Å². The van der Waals surface area contributed by atoms with Crippen LogP contribution < -0.4 is 0 Å². The number of aryl methyl sites for hydroxylation is 1. The van der Waals surface area contributed by atoms with Gasteiger partial charge in [-0.25, -0.2) is 4.68 Å². The van der Waals surface area contributed by atoms with E-state index in [0.29, 0.717) is 18.8 Å². The molecule has 0 saturated heterocycles. The minimum absolute atomic E-state index is 0.514. The lowest BCUT2D eigenvalue weighted by atomic mass is 10.1. The van der Waals surface area contributed by atoms with Gasteiger partial charge in [0.1, 0.15) is 6.10 Å². The van der Waals surface area contributed by atoms with Gasteiger partial charge in [-0.15, -0.1) is 5.10 Å². The predicted octanol–water partition coefficient (Wildman–Crippen LogP) is 2.39. The average Bonchev–Trinajstić information content (AvgIpc) is 3.03. The molecule has 22 heavy (non-hydrogen) atoms. The first-order chi connectivity index (χ1) is 10.8. The van der Waals surface area contributed by atoms with Gasteiger partial charge in [-0.1, -0.05) is 60.7 Å². The summed E-state index contributed by atoms with van der Waals surface area (Å²) in [5, 5.41) is 22.0. The summed E-state index contributed by atoms with van der Waals surface area (Å²) in [7, 11) is 0. The molecule has 3 aromatic rings. The molecule has 1 unspecified atom stereocenters. The molecule has 0 aliphatic carbocycles. The Labute approximate surface area is 129 Å². The van der Waals surface area contributed by atoms with Gasteiger partial charge < -0.3 is 5.11 Å². The van der Waals surface area contributed by atoms with Crippen molar-refractivity contribution in [1.29, 1.82) is 0 Å². The van der Waals surface area contributed by atoms with Crippen molar-refractivity contribution in [1.82, 2.24) is 20.2 Å². The fourth-order valence-electron chi connectivity index (χ4n) is 2.40. The van der Waals surface area contributed by atoms with Crippen LogP contribution in [-0.2, 0) is 13.0 Å². The molecule has 1 atom stereocenters. The van der Waals surface area contributed by atoms with Gasteiger partial charge in [0, 0.05) is 0 Å². The van der Waals surface area contributed by atoms with Gasteiger partial charge >= 0.3 is 0 Å². The summed E-state index contributed by atoms with van der Waals surface area (Å²) in [4.78, 5) is 0. The third-order valence-electron chi connectivity index (χ3n) is 3.58. The van der Waals surface area contributed by atoms with Crippen LogP contribution in [0.15, 0.2) is 60.7 Å². The monoisotopic (exact) mass is 294 g/mol. The van der Waals surface area contributed by atoms with Crippen LogP contribution in [0, 0.1) is 0 Å². The van der Waals surface area contributed by atoms with E-state index in [0.717, 1.165) is 12.0 Å². The van der Waals surface area contributed by atoms with Crippen LogP contribution in [0.2, 0.25) is 0 Å². The first-order valence-electron chi connectivity index (χ1n) is 7.35. The average molecular weight is 294 g/mol. The number of tetrazole rings is 1. The molecule has 2 aromatic carbocycles. The zero-order chi connectivity index (χ0) is 15.2. The second kappa shape index (κ2) is 6.95. The molecule has 0 fully saturated rings. The number of nitrogens with zero attached hydrogens (tertiary/aromatic N) is 4. The molecule has 5 heteroatoms. The maximum atomic E-state index is 10.4. The lowest BCUT2D eigenvalue weighted by molar-refractivity contribution is 0.152. The normalized spacial score (nSPS) is 12.2. The van der Waals surface area contributed by atoms with Crippen LogP contribution in [0.3, 0.4) is 0 Å². The van der Waals surface area contributed by atoms with Gasteiger partial charge in [0.05, 0.1) is 6.54 Å². The van der Waals surface area contributed by atoms with Crippen LogP contribution in [0.1, 0.15) is 29.5 Å². The number of rotatable bonds is 6. The van der Waals surface area contributed by atoms with Crippen molar-refractivity contribution in [3.63, 3.8) is 0 Å². The molecule has 0 amide bonds. The Balaban J connectivity index is 1.66. The molecule has 1 N–H and O–H groups in total. The summed E-state index contributed by atoms with van der Waals surface area (Å²) in [5.74, 6) is 0.514. The molecule has 0 spiro atoms. The standard InChI is InChI=1S/C17H18N4O/c22-16(12-11-14-7-3-1-4-8-14)17-18-19-20-21(17)13-15-9-5-2-6-10-15/h1-10,16,22H,11-13H2. The smallest absolute Gasteiger partial charge is 0.180 e. The van der Waals surface area contributed by atoms with Crippen molar-refractivity contribution in [2.75, 3.05) is 0 Å². The summed E-state index contributed by atoms with van der Waals surface area (Å²) in [6.45, 7) is 0.561. The predicted molar refractivity (Wildman–Crippen MR) is 83.1 cm³/mol. The van der Waals surface area contributed by atoms with Gasteiger partial charge in [0.2, 0.25) is 0 Å². The van der Waals surface area contributed by atoms with Crippen LogP contribution >= 0.6 is 0 Å². The Bertz CT molecular complexity index is 697. The Hall–Kier alpha value is -2.53. The van der Waals surface area contributed by atoms with E-state index >= 15 is 0 Å². The molecule has 0 saturated carbocycles. The fraction of sp³-hybridized carbons (Fsp3) is 0.235. The van der Waals surface area contributed by atoms with E-state index in [9.17, 15) is 5.11 Å². The third kappa shape index (κ3) is 3.56. The molecular formula is C17H18N4O. The van der Waals surface area contributed by atoms with E-state index in [1.807, 2.05) is 48.5 Å². The summed E-state index contributed by atoms with van der Waals surface area (Å²) in [6, 6.07) is 20.1.